The zero-order valence-electron chi connectivity index (χ0n) is 15.6. The molecule has 144 valence electrons. The standard InChI is InChI=1S/C19H22N2O5S/c1-19(2,3)20-17(22)13-7-11-16(12-8-13)27(24,25)21-15-9-5-14(6-10-15)18(23)26-4/h5-12,21H,1-4H3,(H,20,22). The molecule has 0 saturated heterocycles. The number of methoxy groups -OCH3 is 1. The highest BCUT2D eigenvalue weighted by Crippen LogP contribution is 2.18. The van der Waals surface area contributed by atoms with E-state index in [1.807, 2.05) is 20.8 Å². The first-order chi connectivity index (χ1) is 12.5. The summed E-state index contributed by atoms with van der Waals surface area (Å²) in [6, 6.07) is 11.5. The summed E-state index contributed by atoms with van der Waals surface area (Å²) in [4.78, 5) is 23.5. The number of hydrogen-bond acceptors (Lipinski definition) is 5. The smallest absolute Gasteiger partial charge is 0.337 e. The molecule has 2 N–H and O–H groups in total. The molecule has 7 nitrogen and oxygen atoms in total. The molecule has 0 saturated carbocycles. The summed E-state index contributed by atoms with van der Waals surface area (Å²) >= 11 is 0. The summed E-state index contributed by atoms with van der Waals surface area (Å²) in [5, 5.41) is 2.81. The lowest BCUT2D eigenvalue weighted by atomic mass is 10.1. The zero-order valence-corrected chi connectivity index (χ0v) is 16.4. The second kappa shape index (κ2) is 7.79. The van der Waals surface area contributed by atoms with Crippen molar-refractivity contribution in [1.82, 2.24) is 5.32 Å². The van der Waals surface area contributed by atoms with Crippen molar-refractivity contribution in [2.75, 3.05) is 11.8 Å². The van der Waals surface area contributed by atoms with Crippen LogP contribution in [0, 0.1) is 0 Å². The lowest BCUT2D eigenvalue weighted by molar-refractivity contribution is 0.0600. The molecule has 0 atom stereocenters. The number of rotatable bonds is 5. The SMILES string of the molecule is COC(=O)c1ccc(NS(=O)(=O)c2ccc(C(=O)NC(C)(C)C)cc2)cc1. The van der Waals surface area contributed by atoms with Gasteiger partial charge in [0.1, 0.15) is 0 Å². The normalized spacial score (nSPS) is 11.6. The molecule has 0 radical (unpaired) electrons. The zero-order chi connectivity index (χ0) is 20.2. The maximum absolute atomic E-state index is 12.5. The van der Waals surface area contributed by atoms with E-state index in [1.165, 1.54) is 55.6 Å². The van der Waals surface area contributed by atoms with Crippen LogP contribution in [0.1, 0.15) is 41.5 Å². The summed E-state index contributed by atoms with van der Waals surface area (Å²) < 4.78 is 32.0. The van der Waals surface area contributed by atoms with Crippen LogP contribution >= 0.6 is 0 Å². The molecule has 0 aromatic heterocycles. The highest BCUT2D eigenvalue weighted by Gasteiger charge is 2.18. The minimum Gasteiger partial charge on any atom is -0.465 e. The van der Waals surface area contributed by atoms with E-state index in [2.05, 4.69) is 14.8 Å². The predicted octanol–water partition coefficient (Wildman–Crippen LogP) is 2.80. The molecule has 0 aliphatic rings. The molecular weight excluding hydrogens is 368 g/mol. The van der Waals surface area contributed by atoms with Gasteiger partial charge in [-0.1, -0.05) is 0 Å². The molecule has 0 fully saturated rings. The number of carbonyl (C=O) groups is 2. The van der Waals surface area contributed by atoms with Crippen molar-refractivity contribution in [2.45, 2.75) is 31.2 Å². The van der Waals surface area contributed by atoms with Gasteiger partial charge < -0.3 is 10.1 Å². The Hall–Kier alpha value is -2.87. The second-order valence-corrected chi connectivity index (χ2v) is 8.59. The van der Waals surface area contributed by atoms with Crippen LogP contribution in [-0.2, 0) is 14.8 Å². The summed E-state index contributed by atoms with van der Waals surface area (Å²) in [6.45, 7) is 5.58. The van der Waals surface area contributed by atoms with Crippen molar-refractivity contribution in [2.24, 2.45) is 0 Å². The number of benzene rings is 2. The Labute approximate surface area is 158 Å². The first-order valence-electron chi connectivity index (χ1n) is 8.15. The van der Waals surface area contributed by atoms with Crippen LogP contribution in [0.4, 0.5) is 5.69 Å². The first-order valence-corrected chi connectivity index (χ1v) is 9.64. The number of anilines is 1. The lowest BCUT2D eigenvalue weighted by Crippen LogP contribution is -2.40. The monoisotopic (exact) mass is 390 g/mol. The Morgan fingerprint density at radius 3 is 1.89 bits per heavy atom. The Morgan fingerprint density at radius 1 is 0.889 bits per heavy atom. The molecule has 0 heterocycles. The van der Waals surface area contributed by atoms with Crippen LogP contribution in [0.15, 0.2) is 53.4 Å². The van der Waals surface area contributed by atoms with Crippen LogP contribution in [0.2, 0.25) is 0 Å². The van der Waals surface area contributed by atoms with E-state index in [-0.39, 0.29) is 16.3 Å². The molecule has 2 aromatic carbocycles. The van der Waals surface area contributed by atoms with Gasteiger partial charge in [-0.05, 0) is 69.3 Å². The maximum Gasteiger partial charge on any atom is 0.337 e. The second-order valence-electron chi connectivity index (χ2n) is 6.90. The molecule has 0 unspecified atom stereocenters. The number of hydrogen-bond donors (Lipinski definition) is 2. The molecule has 8 heteroatoms. The molecule has 2 rings (SSSR count). The Morgan fingerprint density at radius 2 is 1.41 bits per heavy atom. The van der Waals surface area contributed by atoms with Gasteiger partial charge in [0.05, 0.1) is 17.6 Å². The molecule has 1 amide bonds. The topological polar surface area (TPSA) is 102 Å². The fourth-order valence-electron chi connectivity index (χ4n) is 2.20. The number of carbonyl (C=O) groups excluding carboxylic acids is 2. The summed E-state index contributed by atoms with van der Waals surface area (Å²) in [5.41, 5.74) is 0.595. The minimum absolute atomic E-state index is 0.0202. The van der Waals surface area contributed by atoms with Gasteiger partial charge in [-0.2, -0.15) is 0 Å². The van der Waals surface area contributed by atoms with E-state index in [9.17, 15) is 18.0 Å². The van der Waals surface area contributed by atoms with Crippen LogP contribution in [0.3, 0.4) is 0 Å². The lowest BCUT2D eigenvalue weighted by Gasteiger charge is -2.20. The number of amides is 1. The Bertz CT molecular complexity index is 928. The van der Waals surface area contributed by atoms with Crippen molar-refractivity contribution in [3.05, 3.63) is 59.7 Å². The van der Waals surface area contributed by atoms with Gasteiger partial charge in [0.15, 0.2) is 0 Å². The third kappa shape index (κ3) is 5.55. The van der Waals surface area contributed by atoms with Gasteiger partial charge in [-0.3, -0.25) is 9.52 Å². The van der Waals surface area contributed by atoms with Gasteiger partial charge in [0.25, 0.3) is 15.9 Å². The van der Waals surface area contributed by atoms with Crippen molar-refractivity contribution in [1.29, 1.82) is 0 Å². The van der Waals surface area contributed by atoms with Crippen molar-refractivity contribution < 1.29 is 22.7 Å². The van der Waals surface area contributed by atoms with E-state index in [1.54, 1.807) is 0 Å². The van der Waals surface area contributed by atoms with E-state index >= 15 is 0 Å². The molecule has 0 aliphatic heterocycles. The third-order valence-electron chi connectivity index (χ3n) is 3.47. The van der Waals surface area contributed by atoms with Crippen LogP contribution in [0.25, 0.3) is 0 Å². The van der Waals surface area contributed by atoms with Crippen molar-refractivity contribution >= 4 is 27.6 Å². The summed E-state index contributed by atoms with van der Waals surface area (Å²) in [6.07, 6.45) is 0. The quantitative estimate of drug-likeness (QED) is 0.765. The highest BCUT2D eigenvalue weighted by molar-refractivity contribution is 7.92. The van der Waals surface area contributed by atoms with E-state index in [0.29, 0.717) is 16.8 Å². The van der Waals surface area contributed by atoms with Gasteiger partial charge >= 0.3 is 5.97 Å². The average molecular weight is 390 g/mol. The van der Waals surface area contributed by atoms with E-state index in [4.69, 9.17) is 0 Å². The molecule has 0 bridgehead atoms. The van der Waals surface area contributed by atoms with Crippen LogP contribution in [0.5, 0.6) is 0 Å². The maximum atomic E-state index is 12.5. The number of ether oxygens (including phenoxy) is 1. The van der Waals surface area contributed by atoms with Crippen LogP contribution in [-0.4, -0.2) is 32.9 Å². The highest BCUT2D eigenvalue weighted by atomic mass is 32.2. The number of esters is 1. The number of sulfonamides is 1. The average Bonchev–Trinajstić information content (AvgIpc) is 2.60. The van der Waals surface area contributed by atoms with E-state index < -0.39 is 16.0 Å². The molecule has 2 aromatic rings. The Balaban J connectivity index is 2.14. The number of nitrogens with one attached hydrogen (secondary N) is 2. The first kappa shape index (κ1) is 20.4. The predicted molar refractivity (Wildman–Crippen MR) is 102 cm³/mol. The fraction of sp³-hybridized carbons (Fsp3) is 0.263. The van der Waals surface area contributed by atoms with Gasteiger partial charge in [-0.15, -0.1) is 0 Å². The van der Waals surface area contributed by atoms with Gasteiger partial charge in [0.2, 0.25) is 0 Å². The van der Waals surface area contributed by atoms with Crippen LogP contribution < -0.4 is 10.0 Å². The van der Waals surface area contributed by atoms with Gasteiger partial charge in [0, 0.05) is 16.8 Å². The molecule has 0 spiro atoms. The largest absolute Gasteiger partial charge is 0.465 e. The fourth-order valence-corrected chi connectivity index (χ4v) is 3.26. The van der Waals surface area contributed by atoms with E-state index in [0.717, 1.165) is 0 Å². The molecule has 27 heavy (non-hydrogen) atoms. The summed E-state index contributed by atoms with van der Waals surface area (Å²) in [7, 11) is -2.56. The van der Waals surface area contributed by atoms with Crippen molar-refractivity contribution in [3.8, 4) is 0 Å². The molecular formula is C19H22N2O5S. The molecule has 0 aliphatic carbocycles. The summed E-state index contributed by atoms with van der Waals surface area (Å²) in [5.74, 6) is -0.786. The Kier molecular flexibility index (Phi) is 5.90. The minimum atomic E-state index is -3.83. The third-order valence-corrected chi connectivity index (χ3v) is 4.87. The van der Waals surface area contributed by atoms with Gasteiger partial charge in [-0.25, -0.2) is 13.2 Å². The van der Waals surface area contributed by atoms with Crippen molar-refractivity contribution in [3.63, 3.8) is 0 Å².